The second kappa shape index (κ2) is 9.19. The van der Waals surface area contributed by atoms with Crippen LogP contribution >= 0.6 is 23.2 Å². The Hall–Kier alpha value is -3.08. The number of nitrogens with zero attached hydrogens (tertiary/aromatic N) is 2. The quantitative estimate of drug-likeness (QED) is 0.381. The lowest BCUT2D eigenvalue weighted by Gasteiger charge is -2.14. The predicted molar refractivity (Wildman–Crippen MR) is 132 cm³/mol. The minimum Gasteiger partial charge on any atom is -0.488 e. The van der Waals surface area contributed by atoms with Crippen LogP contribution in [0.2, 0.25) is 10.0 Å². The molecule has 1 aliphatic rings. The van der Waals surface area contributed by atoms with Crippen LogP contribution in [0.3, 0.4) is 0 Å². The minimum absolute atomic E-state index is 0.137. The summed E-state index contributed by atoms with van der Waals surface area (Å²) >= 11 is 12.2. The maximum atomic E-state index is 13.0. The molecule has 0 saturated heterocycles. The van der Waals surface area contributed by atoms with Crippen molar-refractivity contribution in [1.82, 2.24) is 0 Å². The average molecular weight is 465 g/mol. The summed E-state index contributed by atoms with van der Waals surface area (Å²) in [6, 6.07) is 18.8. The van der Waals surface area contributed by atoms with Gasteiger partial charge in [0.05, 0.1) is 17.0 Å². The fourth-order valence-electron chi connectivity index (χ4n) is 3.68. The van der Waals surface area contributed by atoms with Crippen LogP contribution in [0.5, 0.6) is 5.75 Å². The number of amides is 1. The first-order valence-electron chi connectivity index (χ1n) is 10.2. The van der Waals surface area contributed by atoms with Gasteiger partial charge in [-0.3, -0.25) is 4.79 Å². The molecular formula is C26H22Cl2N2O2. The molecule has 0 fully saturated rings. The maximum Gasteiger partial charge on any atom is 0.280 e. The lowest BCUT2D eigenvalue weighted by molar-refractivity contribution is -0.114. The summed E-state index contributed by atoms with van der Waals surface area (Å²) in [7, 11) is 0. The molecule has 3 aromatic carbocycles. The van der Waals surface area contributed by atoms with E-state index in [2.05, 4.69) is 5.10 Å². The van der Waals surface area contributed by atoms with Crippen LogP contribution in [0.1, 0.15) is 29.2 Å². The molecule has 0 aliphatic carbocycles. The molecule has 162 valence electrons. The Balaban J connectivity index is 1.56. The van der Waals surface area contributed by atoms with Crippen molar-refractivity contribution in [3.63, 3.8) is 0 Å². The summed E-state index contributed by atoms with van der Waals surface area (Å²) < 4.78 is 6.07. The molecule has 6 heteroatoms. The van der Waals surface area contributed by atoms with Gasteiger partial charge in [0.25, 0.3) is 5.91 Å². The van der Waals surface area contributed by atoms with Gasteiger partial charge in [-0.2, -0.15) is 10.1 Å². The summed E-state index contributed by atoms with van der Waals surface area (Å²) in [5, 5.41) is 7.05. The Kier molecular flexibility index (Phi) is 6.35. The third-order valence-corrected chi connectivity index (χ3v) is 5.83. The summed E-state index contributed by atoms with van der Waals surface area (Å²) in [5.41, 5.74) is 5.75. The lowest BCUT2D eigenvalue weighted by atomic mass is 10.0. The van der Waals surface area contributed by atoms with Gasteiger partial charge >= 0.3 is 0 Å². The summed E-state index contributed by atoms with van der Waals surface area (Å²) in [6.07, 6.45) is 1.88. The van der Waals surface area contributed by atoms with E-state index in [1.807, 2.05) is 75.4 Å². The first kappa shape index (κ1) is 22.1. The molecule has 1 amide bonds. The van der Waals surface area contributed by atoms with E-state index in [0.717, 1.165) is 33.7 Å². The standard InChI is InChI=1S/C26H22Cl2N2O2/c1-16-11-19(12-17(2)25(16)32-15-20-9-10-21(27)14-24(20)28)13-23-18(3)29-30(26(23)31)22-7-5-4-6-8-22/h4-14H,15H2,1-3H3/b23-13+. The Labute approximate surface area is 197 Å². The summed E-state index contributed by atoms with van der Waals surface area (Å²) in [4.78, 5) is 13.0. The van der Waals surface area contributed by atoms with Gasteiger partial charge in [0, 0.05) is 15.6 Å². The van der Waals surface area contributed by atoms with Crippen LogP contribution in [0.25, 0.3) is 6.08 Å². The van der Waals surface area contributed by atoms with Crippen LogP contribution < -0.4 is 9.75 Å². The number of anilines is 1. The number of ether oxygens (including phenoxy) is 1. The first-order valence-corrected chi connectivity index (χ1v) is 10.9. The Morgan fingerprint density at radius 2 is 1.66 bits per heavy atom. The van der Waals surface area contributed by atoms with Crippen molar-refractivity contribution in [2.45, 2.75) is 27.4 Å². The van der Waals surface area contributed by atoms with E-state index in [-0.39, 0.29) is 5.91 Å². The van der Waals surface area contributed by atoms with Gasteiger partial charge in [-0.15, -0.1) is 0 Å². The molecule has 0 bridgehead atoms. The van der Waals surface area contributed by atoms with Crippen molar-refractivity contribution in [2.75, 3.05) is 5.01 Å². The maximum absolute atomic E-state index is 13.0. The monoisotopic (exact) mass is 464 g/mol. The normalized spacial score (nSPS) is 14.8. The Morgan fingerprint density at radius 3 is 2.31 bits per heavy atom. The fraction of sp³-hybridized carbons (Fsp3) is 0.154. The van der Waals surface area contributed by atoms with E-state index in [1.54, 1.807) is 12.1 Å². The van der Waals surface area contributed by atoms with Gasteiger partial charge < -0.3 is 4.74 Å². The highest BCUT2D eigenvalue weighted by molar-refractivity contribution is 6.35. The van der Waals surface area contributed by atoms with E-state index in [1.165, 1.54) is 5.01 Å². The van der Waals surface area contributed by atoms with Gasteiger partial charge in [-0.05, 0) is 79.9 Å². The van der Waals surface area contributed by atoms with E-state index in [0.29, 0.717) is 27.9 Å². The molecule has 0 atom stereocenters. The van der Waals surface area contributed by atoms with Gasteiger partial charge in [0.2, 0.25) is 0 Å². The van der Waals surface area contributed by atoms with Crippen LogP contribution in [-0.2, 0) is 11.4 Å². The number of hydrogen-bond donors (Lipinski definition) is 0. The van der Waals surface area contributed by atoms with Gasteiger partial charge in [-0.1, -0.05) is 47.5 Å². The van der Waals surface area contributed by atoms with Crippen LogP contribution in [0.4, 0.5) is 5.69 Å². The first-order chi connectivity index (χ1) is 15.3. The molecule has 0 unspecified atom stereocenters. The molecule has 0 aromatic heterocycles. The highest BCUT2D eigenvalue weighted by Crippen LogP contribution is 2.30. The molecule has 0 saturated carbocycles. The molecule has 4 rings (SSSR count). The minimum atomic E-state index is -0.137. The molecule has 32 heavy (non-hydrogen) atoms. The number of benzene rings is 3. The van der Waals surface area contributed by atoms with Crippen molar-refractivity contribution < 1.29 is 9.53 Å². The zero-order chi connectivity index (χ0) is 22.8. The van der Waals surface area contributed by atoms with Crippen molar-refractivity contribution in [3.05, 3.63) is 98.5 Å². The van der Waals surface area contributed by atoms with Crippen molar-refractivity contribution in [1.29, 1.82) is 0 Å². The number of carbonyl (C=O) groups is 1. The summed E-state index contributed by atoms with van der Waals surface area (Å²) in [6.45, 7) is 6.16. The highest BCUT2D eigenvalue weighted by Gasteiger charge is 2.28. The number of carbonyl (C=O) groups excluding carboxylic acids is 1. The van der Waals surface area contributed by atoms with E-state index in [9.17, 15) is 4.79 Å². The molecule has 0 spiro atoms. The highest BCUT2D eigenvalue weighted by atomic mass is 35.5. The second-order valence-corrected chi connectivity index (χ2v) is 8.55. The van der Waals surface area contributed by atoms with Crippen molar-refractivity contribution >= 4 is 46.6 Å². The van der Waals surface area contributed by atoms with Crippen LogP contribution in [-0.4, -0.2) is 11.6 Å². The lowest BCUT2D eigenvalue weighted by Crippen LogP contribution is -2.21. The predicted octanol–water partition coefficient (Wildman–Crippen LogP) is 7.00. The largest absolute Gasteiger partial charge is 0.488 e. The molecular weight excluding hydrogens is 443 g/mol. The summed E-state index contributed by atoms with van der Waals surface area (Å²) in [5.74, 6) is 0.661. The van der Waals surface area contributed by atoms with Crippen LogP contribution in [0, 0.1) is 13.8 Å². The van der Waals surface area contributed by atoms with Crippen molar-refractivity contribution in [3.8, 4) is 5.75 Å². The third kappa shape index (κ3) is 4.57. The van der Waals surface area contributed by atoms with E-state index >= 15 is 0 Å². The van der Waals surface area contributed by atoms with E-state index < -0.39 is 0 Å². The zero-order valence-electron chi connectivity index (χ0n) is 18.0. The number of aryl methyl sites for hydroxylation is 2. The SMILES string of the molecule is CC1=NN(c2ccccc2)C(=O)/C1=C/c1cc(C)c(OCc2ccc(Cl)cc2Cl)c(C)c1. The average Bonchev–Trinajstić information content (AvgIpc) is 3.03. The van der Waals surface area contributed by atoms with Gasteiger partial charge in [-0.25, -0.2) is 0 Å². The number of hydrazone groups is 1. The molecule has 0 radical (unpaired) electrons. The van der Waals surface area contributed by atoms with Crippen molar-refractivity contribution in [2.24, 2.45) is 5.10 Å². The number of rotatable bonds is 5. The Bertz CT molecular complexity index is 1230. The van der Waals surface area contributed by atoms with Gasteiger partial charge in [0.15, 0.2) is 0 Å². The molecule has 1 aliphatic heterocycles. The second-order valence-electron chi connectivity index (χ2n) is 7.70. The topological polar surface area (TPSA) is 41.9 Å². The zero-order valence-corrected chi connectivity index (χ0v) is 19.5. The molecule has 0 N–H and O–H groups in total. The molecule has 3 aromatic rings. The Morgan fingerprint density at radius 1 is 0.969 bits per heavy atom. The van der Waals surface area contributed by atoms with Gasteiger partial charge in [0.1, 0.15) is 12.4 Å². The fourth-order valence-corrected chi connectivity index (χ4v) is 4.14. The molecule has 4 nitrogen and oxygen atoms in total. The van der Waals surface area contributed by atoms with Crippen LogP contribution in [0.15, 0.2) is 71.3 Å². The number of hydrogen-bond acceptors (Lipinski definition) is 3. The van der Waals surface area contributed by atoms with E-state index in [4.69, 9.17) is 27.9 Å². The number of halogens is 2. The smallest absolute Gasteiger partial charge is 0.280 e. The third-order valence-electron chi connectivity index (χ3n) is 5.24. The molecule has 1 heterocycles. The number of para-hydroxylation sites is 1.